The molecule has 1 saturated heterocycles. The number of anilines is 2. The maximum absolute atomic E-state index is 11.8. The van der Waals surface area contributed by atoms with Crippen molar-refractivity contribution in [2.75, 3.05) is 24.6 Å². The molecule has 0 radical (unpaired) electrons. The smallest absolute Gasteiger partial charge is 0.352 e. The Hall–Kier alpha value is -3.33. The van der Waals surface area contributed by atoms with Crippen LogP contribution in [-0.4, -0.2) is 49.6 Å². The SMILES string of the molecule is Cc1ccc2[nH]c(C(=O)O)c(CN3CC[C@@]4(Cc5c(N)nc(N)nc5O4)C3)c2c1. The first-order chi connectivity index (χ1) is 13.8. The molecule has 1 fully saturated rings. The van der Waals surface area contributed by atoms with Gasteiger partial charge < -0.3 is 26.3 Å². The van der Waals surface area contributed by atoms with Crippen molar-refractivity contribution in [3.8, 4) is 5.88 Å². The largest absolute Gasteiger partial charge is 0.477 e. The van der Waals surface area contributed by atoms with E-state index in [9.17, 15) is 9.90 Å². The van der Waals surface area contributed by atoms with Gasteiger partial charge in [-0.1, -0.05) is 11.6 Å². The van der Waals surface area contributed by atoms with E-state index in [0.717, 1.165) is 40.6 Å². The standard InChI is InChI=1S/C20H22N6O3/c1-10-2-3-14-11(6-10)13(15(23-14)18(27)28)8-26-5-4-20(9-26)7-12-16(21)24-19(22)25-17(12)29-20/h2-3,6,23H,4-5,7-9H2,1H3,(H,27,28)(H4,21,22,24,25)/t20-/m1/s1. The number of ether oxygens (including phenoxy) is 1. The summed E-state index contributed by atoms with van der Waals surface area (Å²) in [5, 5.41) is 10.6. The van der Waals surface area contributed by atoms with Gasteiger partial charge in [0.2, 0.25) is 11.8 Å². The number of aromatic nitrogens is 3. The lowest BCUT2D eigenvalue weighted by molar-refractivity contribution is 0.0689. The number of carboxylic acid groups (broad SMARTS) is 1. The summed E-state index contributed by atoms with van der Waals surface area (Å²) in [6, 6.07) is 5.93. The molecule has 4 heterocycles. The first-order valence-electron chi connectivity index (χ1n) is 9.51. The summed E-state index contributed by atoms with van der Waals surface area (Å²) in [6.45, 7) is 3.96. The predicted octanol–water partition coefficient (Wildman–Crippen LogP) is 1.71. The van der Waals surface area contributed by atoms with Crippen LogP contribution in [0.25, 0.3) is 10.9 Å². The van der Waals surface area contributed by atoms with E-state index in [2.05, 4.69) is 19.9 Å². The second-order valence-corrected chi connectivity index (χ2v) is 8.01. The molecular formula is C20H22N6O3. The van der Waals surface area contributed by atoms with Crippen molar-refractivity contribution in [1.82, 2.24) is 19.9 Å². The maximum atomic E-state index is 11.8. The quantitative estimate of drug-likeness (QED) is 0.526. The lowest BCUT2D eigenvalue weighted by Crippen LogP contribution is -2.38. The number of H-pyrrole nitrogens is 1. The molecule has 0 saturated carbocycles. The van der Waals surface area contributed by atoms with Crippen LogP contribution in [0.1, 0.15) is 33.6 Å². The summed E-state index contributed by atoms with van der Waals surface area (Å²) in [6.07, 6.45) is 1.43. The number of aromatic amines is 1. The van der Waals surface area contributed by atoms with Crippen LogP contribution in [0.4, 0.5) is 11.8 Å². The van der Waals surface area contributed by atoms with Crippen molar-refractivity contribution in [2.45, 2.75) is 31.9 Å². The summed E-state index contributed by atoms with van der Waals surface area (Å²) in [5.74, 6) is -0.0203. The minimum absolute atomic E-state index is 0.105. The number of carbonyl (C=O) groups is 1. The monoisotopic (exact) mass is 394 g/mol. The molecule has 2 aliphatic rings. The zero-order valence-corrected chi connectivity index (χ0v) is 16.0. The predicted molar refractivity (Wildman–Crippen MR) is 108 cm³/mol. The Balaban J connectivity index is 1.43. The van der Waals surface area contributed by atoms with Crippen LogP contribution in [-0.2, 0) is 13.0 Å². The lowest BCUT2D eigenvalue weighted by Gasteiger charge is -2.23. The number of aryl methyl sites for hydroxylation is 1. The average molecular weight is 394 g/mol. The molecule has 1 spiro atoms. The van der Waals surface area contributed by atoms with Crippen LogP contribution in [0, 0.1) is 6.92 Å². The van der Waals surface area contributed by atoms with E-state index in [1.54, 1.807) is 0 Å². The third kappa shape index (κ3) is 2.85. The molecule has 150 valence electrons. The number of nitrogens with one attached hydrogen (secondary N) is 1. The van der Waals surface area contributed by atoms with Crippen LogP contribution in [0.15, 0.2) is 18.2 Å². The molecule has 0 aliphatic carbocycles. The molecule has 0 unspecified atom stereocenters. The molecule has 0 amide bonds. The van der Waals surface area contributed by atoms with Crippen molar-refractivity contribution in [3.05, 3.63) is 40.6 Å². The lowest BCUT2D eigenvalue weighted by atomic mass is 9.97. The van der Waals surface area contributed by atoms with E-state index in [4.69, 9.17) is 16.2 Å². The summed E-state index contributed by atoms with van der Waals surface area (Å²) >= 11 is 0. The van der Waals surface area contributed by atoms with Crippen molar-refractivity contribution in [3.63, 3.8) is 0 Å². The fourth-order valence-corrected chi connectivity index (χ4v) is 4.53. The third-order valence-corrected chi connectivity index (χ3v) is 5.88. The zero-order chi connectivity index (χ0) is 20.3. The number of hydrogen-bond donors (Lipinski definition) is 4. The first kappa shape index (κ1) is 17.7. The molecule has 5 rings (SSSR count). The van der Waals surface area contributed by atoms with Gasteiger partial charge in [-0.05, 0) is 19.1 Å². The van der Waals surface area contributed by atoms with Gasteiger partial charge in [0.25, 0.3) is 0 Å². The topological polar surface area (TPSA) is 143 Å². The molecule has 0 bridgehead atoms. The Morgan fingerprint density at radius 1 is 1.38 bits per heavy atom. The highest BCUT2D eigenvalue weighted by molar-refractivity contribution is 5.97. The average Bonchev–Trinajstić information content (AvgIpc) is 3.32. The van der Waals surface area contributed by atoms with Crippen LogP contribution < -0.4 is 16.2 Å². The van der Waals surface area contributed by atoms with E-state index in [-0.39, 0.29) is 11.6 Å². The van der Waals surface area contributed by atoms with Crippen LogP contribution >= 0.6 is 0 Å². The van der Waals surface area contributed by atoms with E-state index >= 15 is 0 Å². The van der Waals surface area contributed by atoms with Gasteiger partial charge in [0.1, 0.15) is 17.1 Å². The molecule has 2 aromatic heterocycles. The Labute approximate surface area is 166 Å². The molecule has 2 aliphatic heterocycles. The van der Waals surface area contributed by atoms with E-state index in [0.29, 0.717) is 31.2 Å². The number of aromatic carboxylic acids is 1. The fourth-order valence-electron chi connectivity index (χ4n) is 4.53. The normalized spacial score (nSPS) is 21.0. The first-order valence-corrected chi connectivity index (χ1v) is 9.51. The van der Waals surface area contributed by atoms with E-state index in [1.807, 2.05) is 25.1 Å². The number of hydrogen-bond acceptors (Lipinski definition) is 7. The van der Waals surface area contributed by atoms with Gasteiger partial charge in [-0.2, -0.15) is 9.97 Å². The summed E-state index contributed by atoms with van der Waals surface area (Å²) in [5.41, 5.74) is 15.0. The number of rotatable bonds is 3. The second kappa shape index (κ2) is 6.08. The molecule has 9 nitrogen and oxygen atoms in total. The second-order valence-electron chi connectivity index (χ2n) is 8.01. The van der Waals surface area contributed by atoms with Gasteiger partial charge in [-0.15, -0.1) is 0 Å². The Kier molecular flexibility index (Phi) is 3.72. The maximum Gasteiger partial charge on any atom is 0.352 e. The van der Waals surface area contributed by atoms with Crippen molar-refractivity contribution in [2.24, 2.45) is 0 Å². The minimum atomic E-state index is -0.953. The van der Waals surface area contributed by atoms with Crippen molar-refractivity contribution in [1.29, 1.82) is 0 Å². The number of carboxylic acids is 1. The number of fused-ring (bicyclic) bond motifs is 2. The Morgan fingerprint density at radius 2 is 2.21 bits per heavy atom. The minimum Gasteiger partial charge on any atom is -0.477 e. The van der Waals surface area contributed by atoms with Crippen molar-refractivity contribution < 1.29 is 14.6 Å². The van der Waals surface area contributed by atoms with Crippen molar-refractivity contribution >= 4 is 28.6 Å². The highest BCUT2D eigenvalue weighted by Gasteiger charge is 2.47. The van der Waals surface area contributed by atoms with Gasteiger partial charge in [0, 0.05) is 48.9 Å². The molecule has 9 heteroatoms. The van der Waals surface area contributed by atoms with Gasteiger partial charge in [0.15, 0.2) is 0 Å². The van der Waals surface area contributed by atoms with E-state index in [1.165, 1.54) is 0 Å². The molecule has 29 heavy (non-hydrogen) atoms. The third-order valence-electron chi connectivity index (χ3n) is 5.88. The summed E-state index contributed by atoms with van der Waals surface area (Å²) < 4.78 is 6.17. The summed E-state index contributed by atoms with van der Waals surface area (Å²) in [7, 11) is 0. The fraction of sp³-hybridized carbons (Fsp3) is 0.350. The highest BCUT2D eigenvalue weighted by atomic mass is 16.5. The molecular weight excluding hydrogens is 372 g/mol. The molecule has 6 N–H and O–H groups in total. The zero-order valence-electron chi connectivity index (χ0n) is 16.0. The van der Waals surface area contributed by atoms with Gasteiger partial charge in [0.05, 0.1) is 5.56 Å². The Morgan fingerprint density at radius 3 is 3.00 bits per heavy atom. The molecule has 1 aromatic carbocycles. The molecule has 3 aromatic rings. The van der Waals surface area contributed by atoms with E-state index < -0.39 is 11.6 Å². The molecule has 1 atom stereocenters. The number of likely N-dealkylation sites (tertiary alicyclic amines) is 1. The number of nitrogens with two attached hydrogens (primary N) is 2. The number of nitrogens with zero attached hydrogens (tertiary/aromatic N) is 3. The van der Waals surface area contributed by atoms with Gasteiger partial charge >= 0.3 is 5.97 Å². The number of benzene rings is 1. The van der Waals surface area contributed by atoms with Crippen LogP contribution in [0.5, 0.6) is 5.88 Å². The van der Waals surface area contributed by atoms with Crippen LogP contribution in [0.2, 0.25) is 0 Å². The highest BCUT2D eigenvalue weighted by Crippen LogP contribution is 2.42. The number of nitrogen functional groups attached to an aromatic ring is 2. The van der Waals surface area contributed by atoms with Gasteiger partial charge in [-0.25, -0.2) is 4.79 Å². The van der Waals surface area contributed by atoms with Crippen LogP contribution in [0.3, 0.4) is 0 Å². The Bertz CT molecular complexity index is 1160. The summed E-state index contributed by atoms with van der Waals surface area (Å²) in [4.78, 5) is 25.3. The van der Waals surface area contributed by atoms with Gasteiger partial charge in [-0.3, -0.25) is 4.90 Å².